The van der Waals surface area contributed by atoms with Gasteiger partial charge >= 0.3 is 7.12 Å². The second kappa shape index (κ2) is 7.58. The average molecular weight is 346 g/mol. The molecule has 7 heteroatoms. The number of hydrogen-bond donors (Lipinski definition) is 3. The summed E-state index contributed by atoms with van der Waals surface area (Å²) < 4.78 is 0. The highest BCUT2D eigenvalue weighted by atomic mass is 16.4. The molecule has 0 aromatic heterocycles. The molecule has 0 aliphatic heterocycles. The predicted molar refractivity (Wildman–Crippen MR) is 96.8 cm³/mol. The van der Waals surface area contributed by atoms with Gasteiger partial charge in [0, 0.05) is 12.6 Å². The molecule has 1 atom stereocenters. The summed E-state index contributed by atoms with van der Waals surface area (Å²) in [5.74, 6) is -1.08. The smallest absolute Gasteiger partial charge is 0.426 e. The molecule has 0 spiro atoms. The van der Waals surface area contributed by atoms with E-state index in [0.717, 1.165) is 5.56 Å². The molecule has 6 nitrogen and oxygen atoms in total. The van der Waals surface area contributed by atoms with Gasteiger partial charge in [-0.1, -0.05) is 31.5 Å². The zero-order chi connectivity index (χ0) is 18.8. The summed E-state index contributed by atoms with van der Waals surface area (Å²) >= 11 is 0. The molecule has 1 aromatic carbocycles. The molecule has 0 heterocycles. The molecule has 0 radical (unpaired) electrons. The van der Waals surface area contributed by atoms with Crippen LogP contribution in [0.5, 0.6) is 0 Å². The highest BCUT2D eigenvalue weighted by Crippen LogP contribution is 2.42. The molecule has 0 bridgehead atoms. The van der Waals surface area contributed by atoms with E-state index in [9.17, 15) is 19.6 Å². The van der Waals surface area contributed by atoms with Gasteiger partial charge in [0.1, 0.15) is 5.54 Å². The Morgan fingerprint density at radius 2 is 1.80 bits per heavy atom. The first-order chi connectivity index (χ1) is 11.7. The van der Waals surface area contributed by atoms with E-state index >= 15 is 0 Å². The van der Waals surface area contributed by atoms with Crippen LogP contribution in [0.1, 0.15) is 49.0 Å². The molecule has 1 saturated carbocycles. The Morgan fingerprint density at radius 3 is 2.24 bits per heavy atom. The van der Waals surface area contributed by atoms with Gasteiger partial charge < -0.3 is 20.3 Å². The third-order valence-corrected chi connectivity index (χ3v) is 4.79. The summed E-state index contributed by atoms with van der Waals surface area (Å²) in [6, 6.07) is 7.23. The predicted octanol–water partition coefficient (Wildman–Crippen LogP) is 1.14. The van der Waals surface area contributed by atoms with Crippen LogP contribution < -0.4 is 5.32 Å². The largest absolute Gasteiger partial charge is 0.475 e. The minimum Gasteiger partial charge on any atom is -0.426 e. The fourth-order valence-electron chi connectivity index (χ4n) is 2.98. The summed E-state index contributed by atoms with van der Waals surface area (Å²) in [5.41, 5.74) is 0.700. The van der Waals surface area contributed by atoms with Crippen LogP contribution in [0.4, 0.5) is 0 Å². The molecule has 0 saturated heterocycles. The number of rotatable bonds is 7. The van der Waals surface area contributed by atoms with E-state index in [1.807, 2.05) is 32.9 Å². The number of aryl methyl sites for hydroxylation is 1. The van der Waals surface area contributed by atoms with Crippen LogP contribution in [-0.2, 0) is 4.79 Å². The van der Waals surface area contributed by atoms with Gasteiger partial charge in [0.2, 0.25) is 5.91 Å². The summed E-state index contributed by atoms with van der Waals surface area (Å²) in [7, 11) is 0.00182. The Morgan fingerprint density at radius 1 is 1.24 bits per heavy atom. The quantitative estimate of drug-likeness (QED) is 0.646. The lowest BCUT2D eigenvalue weighted by atomic mass is 9.75. The summed E-state index contributed by atoms with van der Waals surface area (Å²) in [6.45, 7) is 5.84. The molecule has 1 fully saturated rings. The van der Waals surface area contributed by atoms with Crippen LogP contribution in [0.15, 0.2) is 24.3 Å². The minimum atomic E-state index is -1.62. The zero-order valence-corrected chi connectivity index (χ0v) is 15.3. The number of carbonyl (C=O) groups excluding carboxylic acids is 2. The molecule has 3 N–H and O–H groups in total. The molecule has 2 rings (SSSR count). The SMILES string of the molecule is Cc1ccc(C(=O)N(C)C2(C(=O)N[C@@H](CC(C)C)B(O)O)CC2)cc1. The molecule has 1 aliphatic carbocycles. The van der Waals surface area contributed by atoms with Crippen molar-refractivity contribution in [2.75, 3.05) is 7.05 Å². The van der Waals surface area contributed by atoms with Crippen LogP contribution in [0.2, 0.25) is 0 Å². The molecule has 2 amide bonds. The number of amides is 2. The van der Waals surface area contributed by atoms with E-state index in [4.69, 9.17) is 0 Å². The van der Waals surface area contributed by atoms with Crippen molar-refractivity contribution >= 4 is 18.9 Å². The van der Waals surface area contributed by atoms with Crippen LogP contribution in [0, 0.1) is 12.8 Å². The number of nitrogens with one attached hydrogen (secondary N) is 1. The molecule has 0 unspecified atom stereocenters. The third kappa shape index (κ3) is 4.41. The monoisotopic (exact) mass is 346 g/mol. The Bertz CT molecular complexity index is 626. The van der Waals surface area contributed by atoms with Crippen LogP contribution in [0.25, 0.3) is 0 Å². The maximum Gasteiger partial charge on any atom is 0.475 e. The summed E-state index contributed by atoms with van der Waals surface area (Å²) in [6.07, 6.45) is 1.60. The van der Waals surface area contributed by atoms with Gasteiger partial charge in [-0.05, 0) is 44.2 Å². The molecule has 1 aromatic rings. The topological polar surface area (TPSA) is 89.9 Å². The van der Waals surface area contributed by atoms with Crippen molar-refractivity contribution < 1.29 is 19.6 Å². The van der Waals surface area contributed by atoms with E-state index < -0.39 is 18.6 Å². The summed E-state index contributed by atoms with van der Waals surface area (Å²) in [4.78, 5) is 26.9. The van der Waals surface area contributed by atoms with Crippen molar-refractivity contribution in [3.63, 3.8) is 0 Å². The van der Waals surface area contributed by atoms with Gasteiger partial charge in [-0.3, -0.25) is 9.59 Å². The Balaban J connectivity index is 2.10. The molecular weight excluding hydrogens is 319 g/mol. The molecule has 1 aliphatic rings. The minimum absolute atomic E-state index is 0.203. The average Bonchev–Trinajstić information content (AvgIpc) is 3.35. The maximum absolute atomic E-state index is 12.7. The van der Waals surface area contributed by atoms with E-state index in [2.05, 4.69) is 5.32 Å². The van der Waals surface area contributed by atoms with E-state index in [1.54, 1.807) is 19.2 Å². The van der Waals surface area contributed by atoms with Crippen LogP contribution in [-0.4, -0.2) is 52.4 Å². The van der Waals surface area contributed by atoms with Gasteiger partial charge in [0.05, 0.1) is 5.94 Å². The lowest BCUT2D eigenvalue weighted by molar-refractivity contribution is -0.127. The molecule has 136 valence electrons. The fourth-order valence-corrected chi connectivity index (χ4v) is 2.98. The van der Waals surface area contributed by atoms with Crippen molar-refractivity contribution in [1.29, 1.82) is 0 Å². The van der Waals surface area contributed by atoms with Gasteiger partial charge in [-0.15, -0.1) is 0 Å². The first kappa shape index (κ1) is 19.5. The second-order valence-corrected chi connectivity index (χ2v) is 7.38. The molecule has 25 heavy (non-hydrogen) atoms. The second-order valence-electron chi connectivity index (χ2n) is 7.38. The van der Waals surface area contributed by atoms with Crippen LogP contribution in [0.3, 0.4) is 0 Å². The Labute approximate surface area is 149 Å². The van der Waals surface area contributed by atoms with Crippen molar-refractivity contribution in [3.8, 4) is 0 Å². The standard InChI is InChI=1S/C18H27BN2O4/c1-12(2)11-15(19(24)25)20-17(23)18(9-10-18)21(4)16(22)14-7-5-13(3)6-8-14/h5-8,12,15,24-25H,9-11H2,1-4H3,(H,20,23)/t15-/m0/s1. The van der Waals surface area contributed by atoms with Crippen molar-refractivity contribution in [1.82, 2.24) is 10.2 Å². The Kier molecular flexibility index (Phi) is 5.90. The maximum atomic E-state index is 12.7. The first-order valence-electron chi connectivity index (χ1n) is 8.69. The van der Waals surface area contributed by atoms with Gasteiger partial charge in [-0.2, -0.15) is 0 Å². The first-order valence-corrected chi connectivity index (χ1v) is 8.69. The van der Waals surface area contributed by atoms with Crippen molar-refractivity contribution in [3.05, 3.63) is 35.4 Å². The normalized spacial score (nSPS) is 16.3. The lowest BCUT2D eigenvalue weighted by Gasteiger charge is -2.30. The van der Waals surface area contributed by atoms with E-state index in [0.29, 0.717) is 24.8 Å². The summed E-state index contributed by atoms with van der Waals surface area (Å²) in [5, 5.41) is 21.7. The van der Waals surface area contributed by atoms with Gasteiger partial charge in [0.15, 0.2) is 0 Å². The third-order valence-electron chi connectivity index (χ3n) is 4.79. The van der Waals surface area contributed by atoms with E-state index in [1.165, 1.54) is 4.90 Å². The number of benzene rings is 1. The number of hydrogen-bond acceptors (Lipinski definition) is 4. The zero-order valence-electron chi connectivity index (χ0n) is 15.3. The fraction of sp³-hybridized carbons (Fsp3) is 0.556. The van der Waals surface area contributed by atoms with E-state index in [-0.39, 0.29) is 17.7 Å². The highest BCUT2D eigenvalue weighted by Gasteiger charge is 2.55. The number of nitrogens with zero attached hydrogens (tertiary/aromatic N) is 1. The van der Waals surface area contributed by atoms with Crippen molar-refractivity contribution in [2.24, 2.45) is 5.92 Å². The number of likely N-dealkylation sites (N-methyl/N-ethyl adjacent to an activating group) is 1. The molecular formula is C18H27BN2O4. The lowest BCUT2D eigenvalue weighted by Crippen LogP contribution is -2.56. The van der Waals surface area contributed by atoms with Gasteiger partial charge in [0.25, 0.3) is 5.91 Å². The Hall–Kier alpha value is -1.86. The highest BCUT2D eigenvalue weighted by molar-refractivity contribution is 6.43. The van der Waals surface area contributed by atoms with Gasteiger partial charge in [-0.25, -0.2) is 0 Å². The number of carbonyl (C=O) groups is 2. The van der Waals surface area contributed by atoms with Crippen molar-refractivity contribution in [2.45, 2.75) is 51.5 Å². The van der Waals surface area contributed by atoms with Crippen LogP contribution >= 0.6 is 0 Å².